The Labute approximate surface area is 106 Å². The molecule has 0 bridgehead atoms. The molecule has 0 saturated heterocycles. The van der Waals surface area contributed by atoms with Gasteiger partial charge >= 0.3 is 5.97 Å². The molecule has 2 aromatic rings. The second-order valence-corrected chi connectivity index (χ2v) is 3.85. The van der Waals surface area contributed by atoms with Crippen molar-refractivity contribution in [3.05, 3.63) is 53.9 Å². The van der Waals surface area contributed by atoms with Gasteiger partial charge in [0.2, 0.25) is 0 Å². The molecule has 1 heterocycles. The van der Waals surface area contributed by atoms with Crippen molar-refractivity contribution >= 4 is 11.7 Å². The van der Waals surface area contributed by atoms with Crippen molar-refractivity contribution in [3.63, 3.8) is 0 Å². The highest BCUT2D eigenvalue weighted by Gasteiger charge is 2.06. The predicted molar refractivity (Wildman–Crippen MR) is 70.5 cm³/mol. The summed E-state index contributed by atoms with van der Waals surface area (Å²) in [6.07, 6.45) is 1.88. The summed E-state index contributed by atoms with van der Waals surface area (Å²) in [7, 11) is 0. The molecule has 2 rings (SSSR count). The number of carbonyl (C=O) groups excluding carboxylic acids is 1. The molecule has 0 aliphatic heterocycles. The molecular formula is C14H16N2O2. The number of aromatic nitrogens is 1. The van der Waals surface area contributed by atoms with Crippen LogP contribution in [-0.4, -0.2) is 17.6 Å². The molecule has 94 valence electrons. The predicted octanol–water partition coefficient (Wildman–Crippen LogP) is 2.80. The van der Waals surface area contributed by atoms with Crippen LogP contribution in [-0.2, 0) is 11.3 Å². The number of carbonyl (C=O) groups is 1. The van der Waals surface area contributed by atoms with E-state index in [1.807, 2.05) is 30.5 Å². The number of H-pyrrole nitrogens is 1. The van der Waals surface area contributed by atoms with Gasteiger partial charge in [-0.05, 0) is 37.3 Å². The zero-order valence-corrected chi connectivity index (χ0v) is 10.3. The summed E-state index contributed by atoms with van der Waals surface area (Å²) >= 11 is 0. The molecule has 4 heteroatoms. The standard InChI is InChI=1S/C14H16N2O2/c1-2-18-14(17)11-5-3-6-12(9-11)16-10-13-7-4-8-15-13/h3-9,15-16H,2,10H2,1H3. The minimum absolute atomic E-state index is 0.291. The molecule has 1 aromatic heterocycles. The molecular weight excluding hydrogens is 228 g/mol. The average molecular weight is 244 g/mol. The first-order valence-corrected chi connectivity index (χ1v) is 5.93. The minimum Gasteiger partial charge on any atom is -0.462 e. The van der Waals surface area contributed by atoms with Crippen molar-refractivity contribution in [2.45, 2.75) is 13.5 Å². The van der Waals surface area contributed by atoms with Crippen LogP contribution in [0.15, 0.2) is 42.6 Å². The van der Waals surface area contributed by atoms with Crippen LogP contribution in [0.2, 0.25) is 0 Å². The van der Waals surface area contributed by atoms with E-state index < -0.39 is 0 Å². The van der Waals surface area contributed by atoms with Crippen LogP contribution in [0.3, 0.4) is 0 Å². The van der Waals surface area contributed by atoms with E-state index in [9.17, 15) is 4.79 Å². The number of rotatable bonds is 5. The first-order valence-electron chi connectivity index (χ1n) is 5.93. The van der Waals surface area contributed by atoms with Gasteiger partial charge in [-0.15, -0.1) is 0 Å². The van der Waals surface area contributed by atoms with Gasteiger partial charge in [0.1, 0.15) is 0 Å². The highest BCUT2D eigenvalue weighted by Crippen LogP contribution is 2.12. The average Bonchev–Trinajstić information content (AvgIpc) is 2.90. The van der Waals surface area contributed by atoms with Crippen LogP contribution < -0.4 is 5.32 Å². The van der Waals surface area contributed by atoms with E-state index in [-0.39, 0.29) is 5.97 Å². The Kier molecular flexibility index (Phi) is 4.02. The first kappa shape index (κ1) is 12.2. The van der Waals surface area contributed by atoms with Gasteiger partial charge in [-0.1, -0.05) is 6.07 Å². The van der Waals surface area contributed by atoms with Crippen molar-refractivity contribution in [2.75, 3.05) is 11.9 Å². The van der Waals surface area contributed by atoms with Crippen LogP contribution in [0.1, 0.15) is 23.0 Å². The number of anilines is 1. The molecule has 0 unspecified atom stereocenters. The van der Waals surface area contributed by atoms with E-state index in [0.717, 1.165) is 11.4 Å². The number of aromatic amines is 1. The van der Waals surface area contributed by atoms with Crippen LogP contribution in [0.25, 0.3) is 0 Å². The van der Waals surface area contributed by atoms with E-state index in [1.165, 1.54) is 0 Å². The van der Waals surface area contributed by atoms with E-state index in [1.54, 1.807) is 19.1 Å². The number of hydrogen-bond donors (Lipinski definition) is 2. The molecule has 0 radical (unpaired) electrons. The van der Waals surface area contributed by atoms with Gasteiger partial charge in [-0.25, -0.2) is 4.79 Å². The van der Waals surface area contributed by atoms with E-state index >= 15 is 0 Å². The Morgan fingerprint density at radius 3 is 2.94 bits per heavy atom. The molecule has 2 N–H and O–H groups in total. The maximum Gasteiger partial charge on any atom is 0.338 e. The third-order valence-electron chi connectivity index (χ3n) is 2.52. The van der Waals surface area contributed by atoms with Crippen molar-refractivity contribution in [2.24, 2.45) is 0 Å². The summed E-state index contributed by atoms with van der Waals surface area (Å²) in [4.78, 5) is 14.7. The maximum atomic E-state index is 11.6. The number of esters is 1. The van der Waals surface area contributed by atoms with Gasteiger partial charge in [0.15, 0.2) is 0 Å². The summed E-state index contributed by atoms with van der Waals surface area (Å²) < 4.78 is 4.96. The zero-order valence-electron chi connectivity index (χ0n) is 10.3. The second-order valence-electron chi connectivity index (χ2n) is 3.85. The maximum absolute atomic E-state index is 11.6. The lowest BCUT2D eigenvalue weighted by atomic mass is 10.2. The normalized spacial score (nSPS) is 10.1. The van der Waals surface area contributed by atoms with Gasteiger partial charge in [0.05, 0.1) is 18.7 Å². The number of hydrogen-bond acceptors (Lipinski definition) is 3. The molecule has 1 aromatic carbocycles. The zero-order chi connectivity index (χ0) is 12.8. The Bertz CT molecular complexity index is 506. The molecule has 0 aliphatic rings. The minimum atomic E-state index is -0.291. The molecule has 0 spiro atoms. The Balaban J connectivity index is 2.01. The molecule has 0 atom stereocenters. The quantitative estimate of drug-likeness (QED) is 0.795. The largest absolute Gasteiger partial charge is 0.462 e. The lowest BCUT2D eigenvalue weighted by Gasteiger charge is -2.07. The molecule has 4 nitrogen and oxygen atoms in total. The van der Waals surface area contributed by atoms with E-state index in [4.69, 9.17) is 4.74 Å². The topological polar surface area (TPSA) is 54.1 Å². The number of benzene rings is 1. The first-order chi connectivity index (χ1) is 8.79. The van der Waals surface area contributed by atoms with Crippen LogP contribution in [0.4, 0.5) is 5.69 Å². The summed E-state index contributed by atoms with van der Waals surface area (Å²) in [6.45, 7) is 2.88. The highest BCUT2D eigenvalue weighted by atomic mass is 16.5. The molecule has 0 saturated carbocycles. The lowest BCUT2D eigenvalue weighted by Crippen LogP contribution is -2.06. The van der Waals surface area contributed by atoms with Gasteiger partial charge in [-0.2, -0.15) is 0 Å². The molecule has 0 fully saturated rings. The van der Waals surface area contributed by atoms with Crippen molar-refractivity contribution in [1.29, 1.82) is 0 Å². The van der Waals surface area contributed by atoms with Gasteiger partial charge in [-0.3, -0.25) is 0 Å². The third-order valence-corrected chi connectivity index (χ3v) is 2.52. The third kappa shape index (κ3) is 3.13. The van der Waals surface area contributed by atoms with Gasteiger partial charge in [0, 0.05) is 17.6 Å². The monoisotopic (exact) mass is 244 g/mol. The van der Waals surface area contributed by atoms with Crippen LogP contribution in [0.5, 0.6) is 0 Å². The number of ether oxygens (including phenoxy) is 1. The lowest BCUT2D eigenvalue weighted by molar-refractivity contribution is 0.0526. The fraction of sp³-hybridized carbons (Fsp3) is 0.214. The molecule has 18 heavy (non-hydrogen) atoms. The summed E-state index contributed by atoms with van der Waals surface area (Å²) in [5.41, 5.74) is 2.56. The fourth-order valence-electron chi connectivity index (χ4n) is 1.65. The summed E-state index contributed by atoms with van der Waals surface area (Å²) in [5, 5.41) is 3.25. The van der Waals surface area contributed by atoms with E-state index in [0.29, 0.717) is 18.7 Å². The van der Waals surface area contributed by atoms with Crippen LogP contribution in [0, 0.1) is 0 Å². The SMILES string of the molecule is CCOC(=O)c1cccc(NCc2ccc[nH]2)c1. The number of nitrogens with one attached hydrogen (secondary N) is 2. The van der Waals surface area contributed by atoms with Gasteiger partial charge < -0.3 is 15.0 Å². The Morgan fingerprint density at radius 1 is 1.33 bits per heavy atom. The highest BCUT2D eigenvalue weighted by molar-refractivity contribution is 5.90. The molecule has 0 amide bonds. The molecule has 0 aliphatic carbocycles. The Morgan fingerprint density at radius 2 is 2.22 bits per heavy atom. The van der Waals surface area contributed by atoms with Crippen molar-refractivity contribution < 1.29 is 9.53 Å². The smallest absolute Gasteiger partial charge is 0.338 e. The van der Waals surface area contributed by atoms with Gasteiger partial charge in [0.25, 0.3) is 0 Å². The Hall–Kier alpha value is -2.23. The summed E-state index contributed by atoms with van der Waals surface area (Å²) in [5.74, 6) is -0.291. The van der Waals surface area contributed by atoms with Crippen molar-refractivity contribution in [3.8, 4) is 0 Å². The summed E-state index contributed by atoms with van der Waals surface area (Å²) in [6, 6.07) is 11.3. The second kappa shape index (κ2) is 5.91. The fourth-order valence-corrected chi connectivity index (χ4v) is 1.65. The van der Waals surface area contributed by atoms with E-state index in [2.05, 4.69) is 10.3 Å². The van der Waals surface area contributed by atoms with Crippen molar-refractivity contribution in [1.82, 2.24) is 4.98 Å². The van der Waals surface area contributed by atoms with Crippen LogP contribution >= 0.6 is 0 Å².